The van der Waals surface area contributed by atoms with E-state index >= 15 is 0 Å². The molecule has 1 aliphatic heterocycles. The zero-order valence-electron chi connectivity index (χ0n) is 16.4. The molecule has 0 spiro atoms. The van der Waals surface area contributed by atoms with Crippen molar-refractivity contribution in [2.75, 3.05) is 5.75 Å². The van der Waals surface area contributed by atoms with E-state index in [9.17, 15) is 4.79 Å². The normalized spacial score (nSPS) is 20.5. The summed E-state index contributed by atoms with van der Waals surface area (Å²) in [4.78, 5) is 14.9. The Hall–Kier alpha value is -2.08. The highest BCUT2D eigenvalue weighted by molar-refractivity contribution is 7.99. The van der Waals surface area contributed by atoms with Crippen molar-refractivity contribution in [1.29, 1.82) is 0 Å². The van der Waals surface area contributed by atoms with Crippen LogP contribution in [0.25, 0.3) is 16.6 Å². The number of aryl methyl sites for hydroxylation is 2. The molecule has 3 heterocycles. The zero-order valence-corrected chi connectivity index (χ0v) is 17.2. The number of likely N-dealkylation sites (tertiary alicyclic amines) is 1. The molecule has 2 atom stereocenters. The zero-order chi connectivity index (χ0) is 19.1. The van der Waals surface area contributed by atoms with Crippen molar-refractivity contribution in [3.63, 3.8) is 0 Å². The van der Waals surface area contributed by atoms with Crippen molar-refractivity contribution in [2.45, 2.75) is 64.2 Å². The third kappa shape index (κ3) is 3.31. The van der Waals surface area contributed by atoms with E-state index in [1.807, 2.05) is 0 Å². The van der Waals surface area contributed by atoms with Crippen LogP contribution in [0.5, 0.6) is 0 Å². The summed E-state index contributed by atoms with van der Waals surface area (Å²) in [7, 11) is 0. The van der Waals surface area contributed by atoms with Gasteiger partial charge in [0.05, 0.1) is 11.3 Å². The first kappa shape index (κ1) is 18.3. The fraction of sp³-hybridized carbons (Fsp3) is 0.476. The van der Waals surface area contributed by atoms with Crippen molar-refractivity contribution in [1.82, 2.24) is 19.5 Å². The number of piperidine rings is 1. The molecule has 0 N–H and O–H groups in total. The molecule has 0 aliphatic carbocycles. The van der Waals surface area contributed by atoms with Gasteiger partial charge in [-0.3, -0.25) is 9.20 Å². The second-order valence-electron chi connectivity index (χ2n) is 7.75. The van der Waals surface area contributed by atoms with Crippen LogP contribution in [0.3, 0.4) is 0 Å². The van der Waals surface area contributed by atoms with Crippen molar-refractivity contribution in [2.24, 2.45) is 0 Å². The molecule has 27 heavy (non-hydrogen) atoms. The van der Waals surface area contributed by atoms with Gasteiger partial charge in [0.15, 0.2) is 10.8 Å². The standard InChI is InChI=1S/C21H26N4OS/c1-13-8-9-18-17(10-13)11-14(2)20-22-23-21(25(18)20)27-12-19(26)24-15(3)6-5-7-16(24)4/h8-11,15-16H,5-7,12H2,1-4H3/t15-,16-/m0/s1. The van der Waals surface area contributed by atoms with Gasteiger partial charge in [-0.2, -0.15) is 0 Å². The van der Waals surface area contributed by atoms with Crippen LogP contribution in [0.15, 0.2) is 29.4 Å². The van der Waals surface area contributed by atoms with Crippen LogP contribution in [0.2, 0.25) is 0 Å². The number of thioether (sulfide) groups is 1. The van der Waals surface area contributed by atoms with Crippen LogP contribution in [-0.2, 0) is 4.79 Å². The lowest BCUT2D eigenvalue weighted by atomic mass is 9.98. The van der Waals surface area contributed by atoms with Crippen LogP contribution in [0, 0.1) is 13.8 Å². The first-order chi connectivity index (χ1) is 13.0. The van der Waals surface area contributed by atoms with Crippen LogP contribution < -0.4 is 0 Å². The molecular weight excluding hydrogens is 356 g/mol. The molecule has 6 heteroatoms. The van der Waals surface area contributed by atoms with Crippen LogP contribution in [0.1, 0.15) is 44.2 Å². The molecule has 2 aromatic heterocycles. The summed E-state index contributed by atoms with van der Waals surface area (Å²) in [5, 5.41) is 10.7. The summed E-state index contributed by atoms with van der Waals surface area (Å²) in [6, 6.07) is 9.20. The van der Waals surface area contributed by atoms with E-state index in [1.165, 1.54) is 29.1 Å². The fourth-order valence-electron chi connectivity index (χ4n) is 4.24. The molecule has 1 aliphatic rings. The monoisotopic (exact) mass is 382 g/mol. The average molecular weight is 383 g/mol. The molecule has 1 saturated heterocycles. The Morgan fingerprint density at radius 1 is 1.15 bits per heavy atom. The first-order valence-electron chi connectivity index (χ1n) is 9.65. The Kier molecular flexibility index (Phi) is 4.84. The maximum Gasteiger partial charge on any atom is 0.233 e. The number of carbonyl (C=O) groups excluding carboxylic acids is 1. The van der Waals surface area contributed by atoms with E-state index in [4.69, 9.17) is 0 Å². The lowest BCUT2D eigenvalue weighted by Crippen LogP contribution is -2.48. The third-order valence-corrected chi connectivity index (χ3v) is 6.50. The minimum absolute atomic E-state index is 0.198. The average Bonchev–Trinajstić information content (AvgIpc) is 3.04. The number of carbonyl (C=O) groups is 1. The molecular formula is C21H26N4OS. The topological polar surface area (TPSA) is 50.5 Å². The molecule has 142 valence electrons. The minimum atomic E-state index is 0.198. The molecule has 3 aromatic rings. The van der Waals surface area contributed by atoms with Gasteiger partial charge < -0.3 is 4.90 Å². The van der Waals surface area contributed by atoms with E-state index in [0.717, 1.165) is 34.7 Å². The second kappa shape index (κ2) is 7.15. The van der Waals surface area contributed by atoms with Gasteiger partial charge in [0.1, 0.15) is 0 Å². The fourth-order valence-corrected chi connectivity index (χ4v) is 5.05. The molecule has 1 aromatic carbocycles. The molecule has 0 radical (unpaired) electrons. The maximum absolute atomic E-state index is 12.9. The Labute approximate surface area is 164 Å². The summed E-state index contributed by atoms with van der Waals surface area (Å²) < 4.78 is 2.09. The Bertz CT molecular complexity index is 1000. The number of rotatable bonds is 3. The van der Waals surface area contributed by atoms with Crippen molar-refractivity contribution >= 4 is 34.2 Å². The van der Waals surface area contributed by atoms with E-state index < -0.39 is 0 Å². The van der Waals surface area contributed by atoms with Gasteiger partial charge in [-0.05, 0) is 76.1 Å². The predicted molar refractivity (Wildman–Crippen MR) is 110 cm³/mol. The van der Waals surface area contributed by atoms with E-state index in [0.29, 0.717) is 17.8 Å². The first-order valence-corrected chi connectivity index (χ1v) is 10.6. The SMILES string of the molecule is Cc1ccc2c(c1)cc(C)c1nnc(SCC(=O)N3[C@@H](C)CCC[C@@H]3C)n12. The van der Waals surface area contributed by atoms with E-state index in [2.05, 4.69) is 71.5 Å². The summed E-state index contributed by atoms with van der Waals surface area (Å²) in [6.07, 6.45) is 3.40. The Morgan fingerprint density at radius 3 is 2.63 bits per heavy atom. The van der Waals surface area contributed by atoms with Gasteiger partial charge in [-0.1, -0.05) is 23.4 Å². The van der Waals surface area contributed by atoms with E-state index in [1.54, 1.807) is 0 Å². The molecule has 4 rings (SSSR count). The smallest absolute Gasteiger partial charge is 0.233 e. The number of hydrogen-bond donors (Lipinski definition) is 0. The number of nitrogens with zero attached hydrogens (tertiary/aromatic N) is 4. The molecule has 1 amide bonds. The van der Waals surface area contributed by atoms with Gasteiger partial charge in [-0.15, -0.1) is 10.2 Å². The summed E-state index contributed by atoms with van der Waals surface area (Å²) in [5.74, 6) is 0.598. The largest absolute Gasteiger partial charge is 0.337 e. The highest BCUT2D eigenvalue weighted by atomic mass is 32.2. The number of fused-ring (bicyclic) bond motifs is 3. The summed E-state index contributed by atoms with van der Waals surface area (Å²) in [6.45, 7) is 8.47. The third-order valence-electron chi connectivity index (χ3n) is 5.59. The second-order valence-corrected chi connectivity index (χ2v) is 8.69. The van der Waals surface area contributed by atoms with Gasteiger partial charge >= 0.3 is 0 Å². The molecule has 1 fully saturated rings. The molecule has 0 unspecified atom stereocenters. The number of hydrogen-bond acceptors (Lipinski definition) is 4. The van der Waals surface area contributed by atoms with E-state index in [-0.39, 0.29) is 5.91 Å². The predicted octanol–water partition coefficient (Wildman–Crippen LogP) is 4.38. The van der Waals surface area contributed by atoms with Crippen molar-refractivity contribution in [3.05, 3.63) is 35.4 Å². The number of aromatic nitrogens is 3. The van der Waals surface area contributed by atoms with Gasteiger partial charge in [0, 0.05) is 12.1 Å². The summed E-state index contributed by atoms with van der Waals surface area (Å²) >= 11 is 1.49. The highest BCUT2D eigenvalue weighted by Crippen LogP contribution is 2.28. The Morgan fingerprint density at radius 2 is 1.89 bits per heavy atom. The minimum Gasteiger partial charge on any atom is -0.337 e. The lowest BCUT2D eigenvalue weighted by molar-refractivity contribution is -0.134. The number of amides is 1. The number of pyridine rings is 1. The van der Waals surface area contributed by atoms with Crippen LogP contribution in [-0.4, -0.2) is 43.2 Å². The van der Waals surface area contributed by atoms with Gasteiger partial charge in [0.25, 0.3) is 0 Å². The van der Waals surface area contributed by atoms with Crippen LogP contribution >= 0.6 is 11.8 Å². The highest BCUT2D eigenvalue weighted by Gasteiger charge is 2.29. The van der Waals surface area contributed by atoms with Crippen molar-refractivity contribution < 1.29 is 4.79 Å². The van der Waals surface area contributed by atoms with Gasteiger partial charge in [-0.25, -0.2) is 0 Å². The van der Waals surface area contributed by atoms with Crippen LogP contribution in [0.4, 0.5) is 0 Å². The summed E-state index contributed by atoms with van der Waals surface area (Å²) in [5.41, 5.74) is 4.27. The molecule has 5 nitrogen and oxygen atoms in total. The molecule has 0 saturated carbocycles. The number of benzene rings is 1. The Balaban J connectivity index is 1.64. The lowest BCUT2D eigenvalue weighted by Gasteiger charge is -2.39. The quantitative estimate of drug-likeness (QED) is 0.631. The van der Waals surface area contributed by atoms with Gasteiger partial charge in [0.2, 0.25) is 5.91 Å². The molecule has 0 bridgehead atoms. The van der Waals surface area contributed by atoms with Crippen molar-refractivity contribution in [3.8, 4) is 0 Å². The maximum atomic E-state index is 12.9.